The van der Waals surface area contributed by atoms with Gasteiger partial charge in [-0.2, -0.15) is 0 Å². The summed E-state index contributed by atoms with van der Waals surface area (Å²) < 4.78 is 0. The van der Waals surface area contributed by atoms with Crippen LogP contribution >= 0.6 is 0 Å². The van der Waals surface area contributed by atoms with Crippen molar-refractivity contribution < 1.29 is 0 Å². The maximum atomic E-state index is 10.4. The molecule has 0 aromatic heterocycles. The summed E-state index contributed by atoms with van der Waals surface area (Å²) in [7, 11) is 3.85. The van der Waals surface area contributed by atoms with Gasteiger partial charge in [-0.15, -0.1) is 4.91 Å². The van der Waals surface area contributed by atoms with Crippen LogP contribution in [0.2, 0.25) is 0 Å². The maximum Gasteiger partial charge on any atom is 0.115 e. The highest BCUT2D eigenvalue weighted by molar-refractivity contribution is 5.63. The van der Waals surface area contributed by atoms with E-state index in [9.17, 15) is 4.91 Å². The van der Waals surface area contributed by atoms with Gasteiger partial charge >= 0.3 is 0 Å². The third-order valence-electron chi connectivity index (χ3n) is 1.59. The summed E-state index contributed by atoms with van der Waals surface area (Å²) in [5.41, 5.74) is 1.31. The Balaban J connectivity index is 2.93. The minimum absolute atomic E-state index is 0.473. The van der Waals surface area contributed by atoms with Gasteiger partial charge in [-0.05, 0) is 23.5 Å². The van der Waals surface area contributed by atoms with Crippen LogP contribution in [-0.4, -0.2) is 19.0 Å². The lowest BCUT2D eigenvalue weighted by molar-refractivity contribution is 0.567. The Kier molecular flexibility index (Phi) is 3.20. The molecule has 0 N–H and O–H groups in total. The summed E-state index contributed by atoms with van der Waals surface area (Å²) in [6, 6.07) is 7.23. The average Bonchev–Trinajstić information content (AvgIpc) is 2.15. The zero-order chi connectivity index (χ0) is 9.68. The molecule has 0 atom stereocenters. The van der Waals surface area contributed by atoms with Crippen molar-refractivity contribution in [2.45, 2.75) is 0 Å². The molecule has 0 saturated carbocycles. The highest BCUT2D eigenvalue weighted by Gasteiger charge is 1.96. The van der Waals surface area contributed by atoms with Crippen molar-refractivity contribution in [3.63, 3.8) is 0 Å². The first-order valence-corrected chi connectivity index (χ1v) is 4.01. The SMILES string of the molecule is CN(C)/C=C/c1ccccc1N=O. The monoisotopic (exact) mass is 176 g/mol. The molecule has 0 saturated heterocycles. The van der Waals surface area contributed by atoms with E-state index in [1.54, 1.807) is 12.1 Å². The van der Waals surface area contributed by atoms with Gasteiger partial charge in [0.15, 0.2) is 0 Å². The molecule has 0 bridgehead atoms. The van der Waals surface area contributed by atoms with E-state index in [1.807, 2.05) is 43.4 Å². The molecule has 0 aliphatic rings. The van der Waals surface area contributed by atoms with Crippen LogP contribution in [-0.2, 0) is 0 Å². The summed E-state index contributed by atoms with van der Waals surface area (Å²) in [4.78, 5) is 12.3. The van der Waals surface area contributed by atoms with E-state index in [4.69, 9.17) is 0 Å². The molecule has 1 aromatic rings. The van der Waals surface area contributed by atoms with Gasteiger partial charge in [0.2, 0.25) is 0 Å². The lowest BCUT2D eigenvalue weighted by Gasteiger charge is -2.03. The average molecular weight is 176 g/mol. The van der Waals surface area contributed by atoms with Crippen molar-refractivity contribution in [1.82, 2.24) is 4.90 Å². The third-order valence-corrected chi connectivity index (χ3v) is 1.59. The summed E-state index contributed by atoms with van der Waals surface area (Å²) in [5, 5.41) is 2.93. The second-order valence-electron chi connectivity index (χ2n) is 2.93. The van der Waals surface area contributed by atoms with E-state index in [0.717, 1.165) is 5.56 Å². The van der Waals surface area contributed by atoms with Gasteiger partial charge in [-0.3, -0.25) is 0 Å². The number of benzene rings is 1. The van der Waals surface area contributed by atoms with Crippen molar-refractivity contribution in [2.24, 2.45) is 5.18 Å². The Labute approximate surface area is 77.7 Å². The summed E-state index contributed by atoms with van der Waals surface area (Å²) in [6.45, 7) is 0. The maximum absolute atomic E-state index is 10.4. The number of rotatable bonds is 3. The van der Waals surface area contributed by atoms with Crippen molar-refractivity contribution in [2.75, 3.05) is 14.1 Å². The molecule has 1 rings (SSSR count). The van der Waals surface area contributed by atoms with Gasteiger partial charge < -0.3 is 4.90 Å². The molecular weight excluding hydrogens is 164 g/mol. The van der Waals surface area contributed by atoms with E-state index in [1.165, 1.54) is 0 Å². The van der Waals surface area contributed by atoms with E-state index in [0.29, 0.717) is 5.69 Å². The van der Waals surface area contributed by atoms with Gasteiger partial charge in [0.1, 0.15) is 5.69 Å². The van der Waals surface area contributed by atoms with Crippen molar-refractivity contribution >= 4 is 11.8 Å². The van der Waals surface area contributed by atoms with Gasteiger partial charge in [0.25, 0.3) is 0 Å². The standard InChI is InChI=1S/C10H12N2O/c1-12(2)8-7-9-5-3-4-6-10(9)11-13/h3-8H,1-2H3/b8-7+. The minimum Gasteiger partial charge on any atom is -0.383 e. The first kappa shape index (κ1) is 9.45. The summed E-state index contributed by atoms with van der Waals surface area (Å²) >= 11 is 0. The number of hydrogen-bond acceptors (Lipinski definition) is 3. The molecule has 13 heavy (non-hydrogen) atoms. The molecule has 0 amide bonds. The van der Waals surface area contributed by atoms with Crippen LogP contribution < -0.4 is 0 Å². The lowest BCUT2D eigenvalue weighted by Crippen LogP contribution is -1.99. The fourth-order valence-corrected chi connectivity index (χ4v) is 0.941. The molecule has 0 fully saturated rings. The van der Waals surface area contributed by atoms with Crippen LogP contribution in [0.1, 0.15) is 5.56 Å². The van der Waals surface area contributed by atoms with Crippen molar-refractivity contribution in [1.29, 1.82) is 0 Å². The molecule has 3 nitrogen and oxygen atoms in total. The Bertz CT molecular complexity index is 318. The smallest absolute Gasteiger partial charge is 0.115 e. The molecular formula is C10H12N2O. The Morgan fingerprint density at radius 1 is 1.31 bits per heavy atom. The Morgan fingerprint density at radius 3 is 2.62 bits per heavy atom. The summed E-state index contributed by atoms with van der Waals surface area (Å²) in [6.07, 6.45) is 3.74. The molecule has 3 heteroatoms. The van der Waals surface area contributed by atoms with Crippen molar-refractivity contribution in [3.8, 4) is 0 Å². The van der Waals surface area contributed by atoms with Gasteiger partial charge in [0, 0.05) is 19.7 Å². The first-order chi connectivity index (χ1) is 6.24. The minimum atomic E-state index is 0.473. The molecule has 0 heterocycles. The van der Waals surface area contributed by atoms with Crippen LogP contribution in [0.25, 0.3) is 6.08 Å². The van der Waals surface area contributed by atoms with E-state index < -0.39 is 0 Å². The fraction of sp³-hybridized carbons (Fsp3) is 0.200. The topological polar surface area (TPSA) is 32.7 Å². The first-order valence-electron chi connectivity index (χ1n) is 4.01. The third kappa shape index (κ3) is 2.71. The van der Waals surface area contributed by atoms with Crippen LogP contribution in [0, 0.1) is 4.91 Å². The Hall–Kier alpha value is -1.64. The fourth-order valence-electron chi connectivity index (χ4n) is 0.941. The van der Waals surface area contributed by atoms with Crippen LogP contribution in [0.5, 0.6) is 0 Å². The predicted octanol–water partition coefficient (Wildman–Crippen LogP) is 2.62. The molecule has 1 aromatic carbocycles. The quantitative estimate of drug-likeness (QED) is 0.663. The second-order valence-corrected chi connectivity index (χ2v) is 2.93. The Morgan fingerprint density at radius 2 is 2.00 bits per heavy atom. The van der Waals surface area contributed by atoms with Crippen LogP contribution in [0.3, 0.4) is 0 Å². The van der Waals surface area contributed by atoms with Gasteiger partial charge in [-0.25, -0.2) is 0 Å². The van der Waals surface area contributed by atoms with Gasteiger partial charge in [-0.1, -0.05) is 18.2 Å². The summed E-state index contributed by atoms with van der Waals surface area (Å²) in [5.74, 6) is 0. The highest BCUT2D eigenvalue weighted by atomic mass is 16.3. The lowest BCUT2D eigenvalue weighted by atomic mass is 10.2. The van der Waals surface area contributed by atoms with Crippen molar-refractivity contribution in [3.05, 3.63) is 40.9 Å². The number of nitroso groups, excluding NO2 is 1. The zero-order valence-electron chi connectivity index (χ0n) is 7.77. The molecule has 0 spiro atoms. The van der Waals surface area contributed by atoms with Crippen LogP contribution in [0.15, 0.2) is 35.6 Å². The molecule has 0 radical (unpaired) electrons. The predicted molar refractivity (Wildman–Crippen MR) is 54.6 cm³/mol. The molecule has 0 unspecified atom stereocenters. The zero-order valence-corrected chi connectivity index (χ0v) is 7.77. The molecule has 68 valence electrons. The number of nitrogens with zero attached hydrogens (tertiary/aromatic N) is 2. The molecule has 0 aliphatic heterocycles. The largest absolute Gasteiger partial charge is 0.383 e. The van der Waals surface area contributed by atoms with Gasteiger partial charge in [0.05, 0.1) is 0 Å². The second kappa shape index (κ2) is 4.40. The van der Waals surface area contributed by atoms with Crippen LogP contribution in [0.4, 0.5) is 5.69 Å². The normalized spacial score (nSPS) is 10.3. The van der Waals surface area contributed by atoms with E-state index in [2.05, 4.69) is 5.18 Å². The highest BCUT2D eigenvalue weighted by Crippen LogP contribution is 2.19. The molecule has 0 aliphatic carbocycles. The van der Waals surface area contributed by atoms with E-state index in [-0.39, 0.29) is 0 Å². The van der Waals surface area contributed by atoms with E-state index >= 15 is 0 Å². The number of hydrogen-bond donors (Lipinski definition) is 0.